The van der Waals surface area contributed by atoms with Gasteiger partial charge in [-0.05, 0) is 41.5 Å². The molecule has 3 aromatic carbocycles. The number of hydrogen-bond acceptors (Lipinski definition) is 2. The number of halogens is 1. The molecule has 0 aliphatic heterocycles. The molecule has 0 saturated heterocycles. The minimum atomic E-state index is -0.198. The van der Waals surface area contributed by atoms with Gasteiger partial charge in [-0.15, -0.1) is 22.7 Å². The Balaban J connectivity index is 1.83. The van der Waals surface area contributed by atoms with E-state index in [4.69, 9.17) is 0 Å². The predicted molar refractivity (Wildman–Crippen MR) is 100 cm³/mol. The van der Waals surface area contributed by atoms with Crippen LogP contribution in [0.4, 0.5) is 4.39 Å². The van der Waals surface area contributed by atoms with Crippen LogP contribution in [0, 0.1) is 5.82 Å². The normalized spacial score (nSPS) is 11.7. The van der Waals surface area contributed by atoms with Gasteiger partial charge in [-0.2, -0.15) is 0 Å². The van der Waals surface area contributed by atoms with Gasteiger partial charge < -0.3 is 0 Å². The maximum Gasteiger partial charge on any atom is 0.123 e. The predicted octanol–water partition coefficient (Wildman–Crippen LogP) is 7.08. The molecule has 0 unspecified atom stereocenters. The highest BCUT2D eigenvalue weighted by Crippen LogP contribution is 2.44. The van der Waals surface area contributed by atoms with Crippen LogP contribution in [0.3, 0.4) is 0 Å². The molecule has 0 aliphatic rings. The van der Waals surface area contributed by atoms with E-state index in [0.717, 1.165) is 11.1 Å². The van der Waals surface area contributed by atoms with E-state index in [1.165, 1.54) is 41.7 Å². The highest BCUT2D eigenvalue weighted by molar-refractivity contribution is 7.44. The van der Waals surface area contributed by atoms with E-state index in [2.05, 4.69) is 42.5 Å². The van der Waals surface area contributed by atoms with E-state index in [1.54, 1.807) is 0 Å². The van der Waals surface area contributed by atoms with Crippen LogP contribution in [0.25, 0.3) is 40.7 Å². The molecule has 0 radical (unpaired) electrons. The summed E-state index contributed by atoms with van der Waals surface area (Å²) in [6.45, 7) is 0. The lowest BCUT2D eigenvalue weighted by Crippen LogP contribution is -1.78. The highest BCUT2D eigenvalue weighted by atomic mass is 32.2. The minimum Gasteiger partial charge on any atom is -0.207 e. The molecule has 0 bridgehead atoms. The molecule has 5 rings (SSSR count). The van der Waals surface area contributed by atoms with Gasteiger partial charge >= 0.3 is 0 Å². The van der Waals surface area contributed by atoms with Gasteiger partial charge in [0.2, 0.25) is 0 Å². The zero-order valence-corrected chi connectivity index (χ0v) is 13.7. The van der Waals surface area contributed by atoms with Crippen LogP contribution < -0.4 is 0 Å². The molecule has 2 heterocycles. The Kier molecular flexibility index (Phi) is 2.81. The van der Waals surface area contributed by atoms with Crippen LogP contribution in [0.15, 0.2) is 66.7 Å². The molecule has 0 saturated carbocycles. The van der Waals surface area contributed by atoms with Gasteiger partial charge in [0, 0.05) is 25.6 Å². The van der Waals surface area contributed by atoms with Crippen molar-refractivity contribution >= 4 is 52.2 Å². The molecule has 110 valence electrons. The van der Waals surface area contributed by atoms with E-state index >= 15 is 0 Å². The fourth-order valence-corrected chi connectivity index (χ4v) is 5.67. The third-order valence-corrected chi connectivity index (χ3v) is 6.62. The fourth-order valence-electron chi connectivity index (χ4n) is 3.09. The topological polar surface area (TPSA) is 0 Å². The van der Waals surface area contributed by atoms with Crippen LogP contribution in [0.2, 0.25) is 0 Å². The van der Waals surface area contributed by atoms with Crippen LogP contribution in [-0.2, 0) is 0 Å². The third kappa shape index (κ3) is 2.01. The first-order valence-corrected chi connectivity index (χ1v) is 9.03. The molecule has 0 atom stereocenters. The first kappa shape index (κ1) is 13.2. The maximum atomic E-state index is 13.1. The summed E-state index contributed by atoms with van der Waals surface area (Å²) in [4.78, 5) is 0. The maximum absolute atomic E-state index is 13.1. The Morgan fingerprint density at radius 3 is 2.17 bits per heavy atom. The molecule has 3 heteroatoms. The first-order chi connectivity index (χ1) is 11.3. The summed E-state index contributed by atoms with van der Waals surface area (Å²) >= 11 is 3.71. The first-order valence-electron chi connectivity index (χ1n) is 7.39. The van der Waals surface area contributed by atoms with Crippen LogP contribution >= 0.6 is 22.7 Å². The monoisotopic (exact) mass is 334 g/mol. The van der Waals surface area contributed by atoms with E-state index in [-0.39, 0.29) is 5.82 Å². The summed E-state index contributed by atoms with van der Waals surface area (Å²) in [6.07, 6.45) is 0. The van der Waals surface area contributed by atoms with E-state index in [1.807, 2.05) is 34.8 Å². The number of benzene rings is 3. The van der Waals surface area contributed by atoms with Gasteiger partial charge in [-0.3, -0.25) is 0 Å². The molecule has 0 fully saturated rings. The van der Waals surface area contributed by atoms with Gasteiger partial charge in [-0.25, -0.2) is 4.39 Å². The molecule has 2 aromatic heterocycles. The minimum absolute atomic E-state index is 0.198. The average molecular weight is 334 g/mol. The molecule has 0 N–H and O–H groups in total. The smallest absolute Gasteiger partial charge is 0.123 e. The summed E-state index contributed by atoms with van der Waals surface area (Å²) < 4.78 is 17.2. The summed E-state index contributed by atoms with van der Waals surface area (Å²) in [7, 11) is 0. The van der Waals surface area contributed by atoms with Gasteiger partial charge in [0.15, 0.2) is 0 Å². The molecule has 23 heavy (non-hydrogen) atoms. The Morgan fingerprint density at radius 2 is 1.35 bits per heavy atom. The van der Waals surface area contributed by atoms with E-state index in [9.17, 15) is 4.39 Å². The zero-order valence-electron chi connectivity index (χ0n) is 12.0. The van der Waals surface area contributed by atoms with Crippen molar-refractivity contribution in [2.24, 2.45) is 0 Å². The van der Waals surface area contributed by atoms with Crippen molar-refractivity contribution in [2.75, 3.05) is 0 Å². The molecule has 0 amide bonds. The van der Waals surface area contributed by atoms with Crippen molar-refractivity contribution in [1.29, 1.82) is 0 Å². The molecule has 0 nitrogen and oxygen atoms in total. The van der Waals surface area contributed by atoms with Crippen molar-refractivity contribution in [1.82, 2.24) is 0 Å². The third-order valence-electron chi connectivity index (χ3n) is 4.19. The lowest BCUT2D eigenvalue weighted by Gasteiger charge is -2.02. The lowest BCUT2D eigenvalue weighted by molar-refractivity contribution is 0.628. The van der Waals surface area contributed by atoms with Crippen molar-refractivity contribution in [3.05, 3.63) is 72.5 Å². The van der Waals surface area contributed by atoms with Gasteiger partial charge in [0.25, 0.3) is 0 Å². The Hall–Kier alpha value is -2.23. The van der Waals surface area contributed by atoms with Crippen molar-refractivity contribution in [2.45, 2.75) is 0 Å². The Bertz CT molecular complexity index is 1160. The van der Waals surface area contributed by atoms with Gasteiger partial charge in [0.05, 0.1) is 4.01 Å². The molecular weight excluding hydrogens is 323 g/mol. The number of hydrogen-bond donors (Lipinski definition) is 0. The highest BCUT2D eigenvalue weighted by Gasteiger charge is 2.12. The number of thiophene rings is 2. The zero-order chi connectivity index (χ0) is 15.4. The molecule has 0 aliphatic carbocycles. The van der Waals surface area contributed by atoms with Gasteiger partial charge in [-0.1, -0.05) is 36.4 Å². The fraction of sp³-hybridized carbons (Fsp3) is 0. The quantitative estimate of drug-likeness (QED) is 0.307. The number of rotatable bonds is 1. The Labute approximate surface area is 140 Å². The van der Waals surface area contributed by atoms with E-state index in [0.29, 0.717) is 0 Å². The summed E-state index contributed by atoms with van der Waals surface area (Å²) in [5.41, 5.74) is 2.18. The van der Waals surface area contributed by atoms with Crippen molar-refractivity contribution in [3.63, 3.8) is 0 Å². The van der Waals surface area contributed by atoms with Gasteiger partial charge in [0.1, 0.15) is 5.82 Å². The van der Waals surface area contributed by atoms with Crippen molar-refractivity contribution < 1.29 is 4.39 Å². The molecule has 5 aromatic rings. The average Bonchev–Trinajstić information content (AvgIpc) is 3.10. The van der Waals surface area contributed by atoms with E-state index < -0.39 is 0 Å². The van der Waals surface area contributed by atoms with Crippen molar-refractivity contribution in [3.8, 4) is 11.1 Å². The molecular formula is C20H11FS2. The van der Waals surface area contributed by atoms with Crippen LogP contribution in [-0.4, -0.2) is 0 Å². The summed E-state index contributed by atoms with van der Waals surface area (Å²) in [5.74, 6) is -0.198. The molecule has 0 spiro atoms. The summed E-state index contributed by atoms with van der Waals surface area (Å²) in [5, 5.41) is 3.98. The Morgan fingerprint density at radius 1 is 0.652 bits per heavy atom. The standard InChI is InChI=1S/C20H11FS2/c21-14-8-5-12(6-9-14)13-7-10-18-16(11-13)19-15-3-1-2-4-17(15)22-20(19)23-18/h1-11H. The largest absolute Gasteiger partial charge is 0.207 e. The SMILES string of the molecule is Fc1ccc(-c2ccc3sc4sc5ccccc5c4c3c2)cc1. The van der Waals surface area contributed by atoms with Crippen LogP contribution in [0.1, 0.15) is 0 Å². The van der Waals surface area contributed by atoms with Crippen LogP contribution in [0.5, 0.6) is 0 Å². The summed E-state index contributed by atoms with van der Waals surface area (Å²) in [6, 6.07) is 21.8. The second kappa shape index (κ2) is 4.88. The lowest BCUT2D eigenvalue weighted by atomic mass is 10.0. The second-order valence-electron chi connectivity index (χ2n) is 5.58. The second-order valence-corrected chi connectivity index (χ2v) is 7.94. The number of fused-ring (bicyclic) bond motifs is 5.